The minimum absolute atomic E-state index is 0.218. The van der Waals surface area contributed by atoms with Gasteiger partial charge in [0.25, 0.3) is 0 Å². The third kappa shape index (κ3) is 4.70. The van der Waals surface area contributed by atoms with Gasteiger partial charge in [0, 0.05) is 17.1 Å². The van der Waals surface area contributed by atoms with Crippen LogP contribution in [-0.4, -0.2) is 35.9 Å². The van der Waals surface area contributed by atoms with Gasteiger partial charge in [-0.05, 0) is 23.8 Å². The highest BCUT2D eigenvalue weighted by atomic mass is 32.2. The Kier molecular flexibility index (Phi) is 6.01. The molecule has 0 fully saturated rings. The zero-order chi connectivity index (χ0) is 18.4. The number of rotatable bonds is 7. The summed E-state index contributed by atoms with van der Waals surface area (Å²) in [7, 11) is 0. The maximum Gasteiger partial charge on any atom is 0.330 e. The van der Waals surface area contributed by atoms with E-state index in [1.54, 1.807) is 30.3 Å². The molecule has 0 unspecified atom stereocenters. The summed E-state index contributed by atoms with van der Waals surface area (Å²) in [6.07, 6.45) is 0.218. The van der Waals surface area contributed by atoms with Crippen LogP contribution in [0.1, 0.15) is 18.0 Å². The summed E-state index contributed by atoms with van der Waals surface area (Å²) in [5, 5.41) is 11.9. The molecule has 0 aromatic heterocycles. The average Bonchev–Trinajstić information content (AvgIpc) is 2.66. The molecule has 1 aliphatic heterocycles. The molecule has 1 heterocycles. The second-order valence-corrected chi connectivity index (χ2v) is 6.82. The Morgan fingerprint density at radius 2 is 1.81 bits per heavy atom. The quantitative estimate of drug-likeness (QED) is 0.726. The number of carbonyl (C=O) groups is 2. The largest absolute Gasteiger partial charge is 0.486 e. The number of carboxylic acid groups (broad SMARTS) is 1. The molecule has 6 nitrogen and oxygen atoms in total. The molecule has 2 aromatic rings. The van der Waals surface area contributed by atoms with Crippen LogP contribution in [0.4, 0.5) is 0 Å². The third-order valence-corrected chi connectivity index (χ3v) is 4.79. The maximum atomic E-state index is 12.1. The lowest BCUT2D eigenvalue weighted by atomic mass is 10.1. The van der Waals surface area contributed by atoms with E-state index in [1.807, 2.05) is 18.2 Å². The Labute approximate surface area is 155 Å². The standard InChI is InChI=1S/C19H19NO5S/c21-17(20-18(19(22)23)13-4-2-1-3-5-13)8-11-26-14-6-7-15-16(12-14)25-10-9-24-15/h1-7,12,18H,8-11H2,(H,20,21)(H,22,23)/t18-/m1/s1. The van der Waals surface area contributed by atoms with Gasteiger partial charge in [0.1, 0.15) is 13.2 Å². The van der Waals surface area contributed by atoms with E-state index in [1.165, 1.54) is 11.8 Å². The van der Waals surface area contributed by atoms with E-state index in [-0.39, 0.29) is 12.3 Å². The molecule has 3 rings (SSSR count). The number of hydrogen-bond acceptors (Lipinski definition) is 5. The van der Waals surface area contributed by atoms with Crippen LogP contribution in [0.2, 0.25) is 0 Å². The number of benzene rings is 2. The molecular formula is C19H19NO5S. The Morgan fingerprint density at radius 3 is 2.54 bits per heavy atom. The minimum Gasteiger partial charge on any atom is -0.486 e. The Balaban J connectivity index is 1.51. The predicted molar refractivity (Wildman–Crippen MR) is 97.7 cm³/mol. The lowest BCUT2D eigenvalue weighted by Crippen LogP contribution is -2.33. The highest BCUT2D eigenvalue weighted by Crippen LogP contribution is 2.34. The first-order chi connectivity index (χ1) is 12.6. The number of nitrogens with one attached hydrogen (secondary N) is 1. The molecule has 0 spiro atoms. The summed E-state index contributed by atoms with van der Waals surface area (Å²) < 4.78 is 11.0. The van der Waals surface area contributed by atoms with Gasteiger partial charge in [-0.3, -0.25) is 4.79 Å². The molecule has 7 heteroatoms. The van der Waals surface area contributed by atoms with E-state index in [2.05, 4.69) is 5.32 Å². The number of fused-ring (bicyclic) bond motifs is 1. The van der Waals surface area contributed by atoms with E-state index in [9.17, 15) is 14.7 Å². The molecule has 0 saturated heterocycles. The molecular weight excluding hydrogens is 354 g/mol. The van der Waals surface area contributed by atoms with Crippen LogP contribution >= 0.6 is 11.8 Å². The van der Waals surface area contributed by atoms with Crippen molar-refractivity contribution in [1.82, 2.24) is 5.32 Å². The van der Waals surface area contributed by atoms with Crippen LogP contribution in [0, 0.1) is 0 Å². The first kappa shape index (κ1) is 18.1. The van der Waals surface area contributed by atoms with Gasteiger partial charge in [-0.2, -0.15) is 0 Å². The first-order valence-electron chi connectivity index (χ1n) is 8.23. The first-order valence-corrected chi connectivity index (χ1v) is 9.21. The monoisotopic (exact) mass is 373 g/mol. The zero-order valence-corrected chi connectivity index (χ0v) is 14.8. The molecule has 136 valence electrons. The highest BCUT2D eigenvalue weighted by molar-refractivity contribution is 7.99. The summed E-state index contributed by atoms with van der Waals surface area (Å²) in [5.41, 5.74) is 0.549. The van der Waals surface area contributed by atoms with Gasteiger partial charge < -0.3 is 19.9 Å². The number of thioether (sulfide) groups is 1. The van der Waals surface area contributed by atoms with Gasteiger partial charge in [-0.25, -0.2) is 4.79 Å². The molecule has 1 amide bonds. The van der Waals surface area contributed by atoms with Gasteiger partial charge in [-0.1, -0.05) is 30.3 Å². The second kappa shape index (κ2) is 8.62. The summed E-state index contributed by atoms with van der Waals surface area (Å²) in [6.45, 7) is 1.07. The number of carbonyl (C=O) groups excluding carboxylic acids is 1. The molecule has 2 aromatic carbocycles. The normalized spacial score (nSPS) is 13.7. The van der Waals surface area contributed by atoms with Crippen molar-refractivity contribution in [2.45, 2.75) is 17.4 Å². The third-order valence-electron chi connectivity index (χ3n) is 3.80. The van der Waals surface area contributed by atoms with E-state index in [0.717, 1.165) is 10.6 Å². The maximum absolute atomic E-state index is 12.1. The number of aliphatic carboxylic acids is 1. The molecule has 26 heavy (non-hydrogen) atoms. The molecule has 0 radical (unpaired) electrons. The average molecular weight is 373 g/mol. The van der Waals surface area contributed by atoms with Crippen molar-refractivity contribution in [2.75, 3.05) is 19.0 Å². The van der Waals surface area contributed by atoms with Crippen LogP contribution in [0.25, 0.3) is 0 Å². The number of ether oxygens (including phenoxy) is 2. The van der Waals surface area contributed by atoms with Crippen LogP contribution in [0.15, 0.2) is 53.4 Å². The molecule has 0 saturated carbocycles. The fourth-order valence-electron chi connectivity index (χ4n) is 2.54. The van der Waals surface area contributed by atoms with Crippen molar-refractivity contribution in [3.05, 3.63) is 54.1 Å². The smallest absolute Gasteiger partial charge is 0.330 e. The van der Waals surface area contributed by atoms with Gasteiger partial charge in [0.15, 0.2) is 17.5 Å². The highest BCUT2D eigenvalue weighted by Gasteiger charge is 2.21. The van der Waals surface area contributed by atoms with Gasteiger partial charge >= 0.3 is 5.97 Å². The van der Waals surface area contributed by atoms with Crippen LogP contribution in [0.3, 0.4) is 0 Å². The lowest BCUT2D eigenvalue weighted by molar-refractivity contribution is -0.142. The van der Waals surface area contributed by atoms with E-state index >= 15 is 0 Å². The molecule has 1 atom stereocenters. The summed E-state index contributed by atoms with van der Waals surface area (Å²) in [6, 6.07) is 13.3. The van der Waals surface area contributed by atoms with E-state index < -0.39 is 12.0 Å². The second-order valence-electron chi connectivity index (χ2n) is 5.65. The fraction of sp³-hybridized carbons (Fsp3) is 0.263. The Morgan fingerprint density at radius 1 is 1.08 bits per heavy atom. The van der Waals surface area contributed by atoms with Crippen molar-refractivity contribution in [2.24, 2.45) is 0 Å². The van der Waals surface area contributed by atoms with Crippen LogP contribution < -0.4 is 14.8 Å². The van der Waals surface area contributed by atoms with E-state index in [4.69, 9.17) is 9.47 Å². The van der Waals surface area contributed by atoms with Crippen molar-refractivity contribution >= 4 is 23.6 Å². The Hall–Kier alpha value is -2.67. The SMILES string of the molecule is O=C(CCSc1ccc2c(c1)OCCO2)N[C@@H](C(=O)O)c1ccccc1. The zero-order valence-electron chi connectivity index (χ0n) is 14.0. The topological polar surface area (TPSA) is 84.9 Å². The predicted octanol–water partition coefficient (Wildman–Crippen LogP) is 2.88. The van der Waals surface area contributed by atoms with Crippen LogP contribution in [-0.2, 0) is 9.59 Å². The molecule has 0 aliphatic carbocycles. The number of hydrogen-bond donors (Lipinski definition) is 2. The Bertz CT molecular complexity index is 781. The fourth-order valence-corrected chi connectivity index (χ4v) is 3.42. The lowest BCUT2D eigenvalue weighted by Gasteiger charge is -2.18. The summed E-state index contributed by atoms with van der Waals surface area (Å²) in [4.78, 5) is 24.5. The van der Waals surface area contributed by atoms with Crippen molar-refractivity contribution in [3.8, 4) is 11.5 Å². The van der Waals surface area contributed by atoms with Crippen molar-refractivity contribution in [3.63, 3.8) is 0 Å². The van der Waals surface area contributed by atoms with Crippen molar-refractivity contribution in [1.29, 1.82) is 0 Å². The molecule has 1 aliphatic rings. The summed E-state index contributed by atoms with van der Waals surface area (Å²) >= 11 is 1.51. The summed E-state index contributed by atoms with van der Waals surface area (Å²) in [5.74, 6) is 0.591. The minimum atomic E-state index is -1.08. The number of amides is 1. The van der Waals surface area contributed by atoms with Crippen LogP contribution in [0.5, 0.6) is 11.5 Å². The van der Waals surface area contributed by atoms with Gasteiger partial charge in [0.05, 0.1) is 0 Å². The molecule has 0 bridgehead atoms. The van der Waals surface area contributed by atoms with Gasteiger partial charge in [0.2, 0.25) is 5.91 Å². The molecule has 2 N–H and O–H groups in total. The van der Waals surface area contributed by atoms with Gasteiger partial charge in [-0.15, -0.1) is 11.8 Å². The van der Waals surface area contributed by atoms with Crippen molar-refractivity contribution < 1.29 is 24.2 Å². The van der Waals surface area contributed by atoms with E-state index in [0.29, 0.717) is 30.3 Å². The number of carboxylic acids is 1.